The summed E-state index contributed by atoms with van der Waals surface area (Å²) in [4.78, 5) is 0. The zero-order valence-corrected chi connectivity index (χ0v) is 22.6. The molecule has 1 saturated carbocycles. The van der Waals surface area contributed by atoms with Crippen molar-refractivity contribution in [2.75, 3.05) is 0 Å². The summed E-state index contributed by atoms with van der Waals surface area (Å²) in [5, 5.41) is -0.500. The van der Waals surface area contributed by atoms with Gasteiger partial charge in [-0.25, -0.2) is 13.2 Å². The van der Waals surface area contributed by atoms with Crippen LogP contribution in [0.15, 0.2) is 54.6 Å². The lowest BCUT2D eigenvalue weighted by Gasteiger charge is -2.29. The molecule has 0 saturated heterocycles. The van der Waals surface area contributed by atoms with E-state index in [1.807, 2.05) is 12.1 Å². The Morgan fingerprint density at radius 3 is 1.97 bits per heavy atom. The number of unbranched alkanes of at least 4 members (excludes halogenated alkanes) is 2. The van der Waals surface area contributed by atoms with Crippen molar-refractivity contribution in [1.82, 2.24) is 0 Å². The third-order valence-electron chi connectivity index (χ3n) is 8.05. The summed E-state index contributed by atoms with van der Waals surface area (Å²) in [6, 6.07) is 17.2. The summed E-state index contributed by atoms with van der Waals surface area (Å²) in [6.45, 7) is 2.24. The minimum atomic E-state index is -0.780. The fourth-order valence-corrected chi connectivity index (χ4v) is 5.78. The van der Waals surface area contributed by atoms with Gasteiger partial charge in [0.2, 0.25) is 0 Å². The third kappa shape index (κ3) is 7.87. The quantitative estimate of drug-likeness (QED) is 0.172. The van der Waals surface area contributed by atoms with Crippen LogP contribution in [0.4, 0.5) is 13.2 Å². The highest BCUT2D eigenvalue weighted by atomic mass is 35.5. The lowest BCUT2D eigenvalue weighted by Crippen LogP contribution is -2.14. The lowest BCUT2D eigenvalue weighted by molar-refractivity contribution is 0.310. The van der Waals surface area contributed by atoms with Gasteiger partial charge in [0.25, 0.3) is 0 Å². The van der Waals surface area contributed by atoms with Crippen LogP contribution in [-0.2, 0) is 25.7 Å². The highest BCUT2D eigenvalue weighted by Gasteiger charge is 2.22. The van der Waals surface area contributed by atoms with E-state index in [-0.39, 0.29) is 5.82 Å². The van der Waals surface area contributed by atoms with Crippen LogP contribution in [0.25, 0.3) is 0 Å². The van der Waals surface area contributed by atoms with Crippen LogP contribution in [0.3, 0.4) is 0 Å². The molecule has 0 radical (unpaired) electrons. The van der Waals surface area contributed by atoms with Gasteiger partial charge < -0.3 is 0 Å². The van der Waals surface area contributed by atoms with Crippen molar-refractivity contribution in [1.29, 1.82) is 0 Å². The van der Waals surface area contributed by atoms with E-state index in [1.165, 1.54) is 74.6 Å². The predicted molar refractivity (Wildman–Crippen MR) is 148 cm³/mol. The minimum absolute atomic E-state index is 0.241. The molecule has 1 aliphatic rings. The van der Waals surface area contributed by atoms with Crippen LogP contribution in [0.2, 0.25) is 5.02 Å². The molecule has 0 atom stereocenters. The van der Waals surface area contributed by atoms with E-state index in [0.29, 0.717) is 35.8 Å². The first-order valence-corrected chi connectivity index (χ1v) is 14.3. The van der Waals surface area contributed by atoms with E-state index in [2.05, 4.69) is 31.2 Å². The first kappa shape index (κ1) is 27.8. The molecule has 0 bridgehead atoms. The van der Waals surface area contributed by atoms with E-state index < -0.39 is 16.7 Å². The van der Waals surface area contributed by atoms with Crippen LogP contribution in [0, 0.1) is 23.4 Å². The van der Waals surface area contributed by atoms with Gasteiger partial charge in [0.05, 0.1) is 0 Å². The van der Waals surface area contributed by atoms with Gasteiger partial charge in [-0.15, -0.1) is 0 Å². The van der Waals surface area contributed by atoms with Crippen molar-refractivity contribution in [3.63, 3.8) is 0 Å². The molecule has 37 heavy (non-hydrogen) atoms. The molecule has 0 nitrogen and oxygen atoms in total. The number of hydrogen-bond donors (Lipinski definition) is 0. The Morgan fingerprint density at radius 1 is 0.676 bits per heavy atom. The molecule has 0 aromatic heterocycles. The van der Waals surface area contributed by atoms with Crippen molar-refractivity contribution >= 4 is 11.6 Å². The molecule has 4 heteroatoms. The van der Waals surface area contributed by atoms with Crippen LogP contribution in [-0.4, -0.2) is 0 Å². The zero-order chi connectivity index (χ0) is 26.2. The van der Waals surface area contributed by atoms with Crippen molar-refractivity contribution < 1.29 is 13.2 Å². The van der Waals surface area contributed by atoms with Gasteiger partial charge in [-0.3, -0.25) is 0 Å². The van der Waals surface area contributed by atoms with Gasteiger partial charge in [-0.1, -0.05) is 67.8 Å². The Kier molecular flexibility index (Phi) is 10.1. The Hall–Kier alpha value is -2.26. The molecule has 1 fully saturated rings. The zero-order valence-electron chi connectivity index (χ0n) is 21.8. The highest BCUT2D eigenvalue weighted by Crippen LogP contribution is 2.37. The van der Waals surface area contributed by atoms with E-state index in [4.69, 9.17) is 11.6 Å². The van der Waals surface area contributed by atoms with Crippen molar-refractivity contribution in [2.45, 2.75) is 89.9 Å². The van der Waals surface area contributed by atoms with Gasteiger partial charge in [0.15, 0.2) is 0 Å². The van der Waals surface area contributed by atoms with Crippen LogP contribution in [0.1, 0.15) is 92.0 Å². The second-order valence-electron chi connectivity index (χ2n) is 10.8. The number of hydrogen-bond acceptors (Lipinski definition) is 0. The largest absolute Gasteiger partial charge is 0.207 e. The minimum Gasteiger partial charge on any atom is -0.207 e. The molecule has 0 N–H and O–H groups in total. The number of aryl methyl sites for hydroxylation is 4. The molecule has 0 aliphatic heterocycles. The molecule has 0 heterocycles. The maximum Gasteiger partial charge on any atom is 0.145 e. The standard InChI is InChI=1S/C33H38ClF3/c1-2-3-4-5-23-8-14-27(15-9-23)28-16-10-24(11-17-28)6-7-25-12-18-29(30(35)20-25)19-13-26-21-31(36)33(34)32(37)22-26/h8-9,12,14-15,18,20-22,24,28H,2-7,10-11,13,16-17,19H2,1H3/t24-,28-. The molecule has 3 aromatic rings. The molecule has 0 unspecified atom stereocenters. The summed E-state index contributed by atoms with van der Waals surface area (Å²) < 4.78 is 42.0. The first-order valence-electron chi connectivity index (χ1n) is 13.9. The van der Waals surface area contributed by atoms with Gasteiger partial charge in [-0.2, -0.15) is 0 Å². The van der Waals surface area contributed by atoms with Crippen molar-refractivity contribution in [2.24, 2.45) is 5.92 Å². The second kappa shape index (κ2) is 13.5. The van der Waals surface area contributed by atoms with Gasteiger partial charge in [0.1, 0.15) is 22.5 Å². The number of rotatable bonds is 11. The SMILES string of the molecule is CCCCCc1ccc([C@H]2CC[C@H](CCc3ccc(CCc4cc(F)c(Cl)c(F)c4)c(F)c3)CC2)cc1. The summed E-state index contributed by atoms with van der Waals surface area (Å²) in [5.74, 6) is -0.439. The maximum atomic E-state index is 14.7. The van der Waals surface area contributed by atoms with Crippen molar-refractivity contribution in [3.8, 4) is 0 Å². The third-order valence-corrected chi connectivity index (χ3v) is 8.41. The summed E-state index contributed by atoms with van der Waals surface area (Å²) >= 11 is 5.54. The molecule has 4 rings (SSSR count). The Morgan fingerprint density at radius 2 is 1.32 bits per heavy atom. The van der Waals surface area contributed by atoms with Gasteiger partial charge >= 0.3 is 0 Å². The Balaban J connectivity index is 1.21. The monoisotopic (exact) mass is 526 g/mol. The molecular weight excluding hydrogens is 489 g/mol. The number of benzene rings is 3. The fraction of sp³-hybridized carbons (Fsp3) is 0.455. The van der Waals surface area contributed by atoms with Crippen molar-refractivity contribution in [3.05, 3.63) is 105 Å². The summed E-state index contributed by atoms with van der Waals surface area (Å²) in [7, 11) is 0. The second-order valence-corrected chi connectivity index (χ2v) is 11.1. The predicted octanol–water partition coefficient (Wildman–Crippen LogP) is 10.2. The van der Waals surface area contributed by atoms with E-state index in [1.54, 1.807) is 6.07 Å². The molecule has 0 spiro atoms. The molecule has 1 aliphatic carbocycles. The maximum absolute atomic E-state index is 14.7. The molecular formula is C33H38ClF3. The van der Waals surface area contributed by atoms with E-state index >= 15 is 0 Å². The van der Waals surface area contributed by atoms with E-state index in [0.717, 1.165) is 18.4 Å². The molecule has 198 valence electrons. The summed E-state index contributed by atoms with van der Waals surface area (Å²) in [5.41, 5.74) is 5.00. The van der Waals surface area contributed by atoms with Gasteiger partial charge in [0, 0.05) is 0 Å². The normalized spacial score (nSPS) is 17.8. The fourth-order valence-electron chi connectivity index (χ4n) is 5.67. The highest BCUT2D eigenvalue weighted by molar-refractivity contribution is 6.30. The van der Waals surface area contributed by atoms with Gasteiger partial charge in [-0.05, 0) is 122 Å². The number of halogens is 4. The van der Waals surface area contributed by atoms with Crippen LogP contribution < -0.4 is 0 Å². The van der Waals surface area contributed by atoms with E-state index in [9.17, 15) is 13.2 Å². The summed E-state index contributed by atoms with van der Waals surface area (Å²) in [6.07, 6.45) is 12.7. The Labute approximate surface area is 225 Å². The topological polar surface area (TPSA) is 0 Å². The molecule has 0 amide bonds. The average Bonchev–Trinajstić information content (AvgIpc) is 2.91. The first-order chi connectivity index (χ1) is 17.9. The smallest absolute Gasteiger partial charge is 0.145 e. The Bertz CT molecular complexity index is 1120. The van der Waals surface area contributed by atoms with Crippen LogP contribution >= 0.6 is 11.6 Å². The average molecular weight is 527 g/mol. The van der Waals surface area contributed by atoms with Crippen LogP contribution in [0.5, 0.6) is 0 Å². The lowest BCUT2D eigenvalue weighted by atomic mass is 9.76. The molecule has 3 aromatic carbocycles.